The number of aliphatic hydroxyl groups is 1. The Bertz CT molecular complexity index is 611. The van der Waals surface area contributed by atoms with Gasteiger partial charge in [-0.05, 0) is 30.9 Å². The molecule has 0 fully saturated rings. The van der Waals surface area contributed by atoms with Crippen LogP contribution in [0.25, 0.3) is 11.3 Å². The largest absolute Gasteiger partial charge is 0.396 e. The maximum Gasteiger partial charge on any atom is 0.320 e. The molecule has 6 nitrogen and oxygen atoms in total. The lowest BCUT2D eigenvalue weighted by atomic mass is 10.0. The lowest BCUT2D eigenvalue weighted by Gasteiger charge is -2.15. The second kappa shape index (κ2) is 9.62. The van der Waals surface area contributed by atoms with Gasteiger partial charge in [-0.1, -0.05) is 43.7 Å². The van der Waals surface area contributed by atoms with E-state index in [-0.39, 0.29) is 18.6 Å². The Balaban J connectivity index is 1.85. The summed E-state index contributed by atoms with van der Waals surface area (Å²) in [5.74, 6) is 0.693. The van der Waals surface area contributed by atoms with E-state index >= 15 is 0 Å². The molecule has 6 heteroatoms. The summed E-state index contributed by atoms with van der Waals surface area (Å²) in [4.78, 5) is 11.9. The Morgan fingerprint density at radius 2 is 1.92 bits per heavy atom. The van der Waals surface area contributed by atoms with E-state index in [9.17, 15) is 4.79 Å². The van der Waals surface area contributed by atoms with E-state index in [1.807, 2.05) is 36.4 Å². The van der Waals surface area contributed by atoms with Crippen molar-refractivity contribution in [2.45, 2.75) is 26.2 Å². The van der Waals surface area contributed by atoms with Crippen molar-refractivity contribution in [3.05, 3.63) is 42.5 Å². The Morgan fingerprint density at radius 1 is 1.12 bits per heavy atom. The van der Waals surface area contributed by atoms with Gasteiger partial charge in [-0.15, -0.1) is 10.2 Å². The number of hydrogen-bond acceptors (Lipinski definition) is 4. The van der Waals surface area contributed by atoms with Gasteiger partial charge in [0.05, 0.1) is 5.69 Å². The van der Waals surface area contributed by atoms with Crippen LogP contribution in [-0.2, 0) is 0 Å². The fraction of sp³-hybridized carbons (Fsp3) is 0.389. The summed E-state index contributed by atoms with van der Waals surface area (Å²) >= 11 is 0. The van der Waals surface area contributed by atoms with Gasteiger partial charge in [0.1, 0.15) is 0 Å². The van der Waals surface area contributed by atoms with Crippen molar-refractivity contribution in [1.29, 1.82) is 0 Å². The first-order chi connectivity index (χ1) is 11.7. The smallest absolute Gasteiger partial charge is 0.320 e. The van der Waals surface area contributed by atoms with Crippen molar-refractivity contribution in [3.8, 4) is 11.3 Å². The van der Waals surface area contributed by atoms with E-state index in [1.165, 1.54) is 0 Å². The molecule has 0 saturated heterocycles. The molecule has 0 bridgehead atoms. The van der Waals surface area contributed by atoms with E-state index in [2.05, 4.69) is 27.8 Å². The Kier molecular flexibility index (Phi) is 7.17. The molecule has 0 spiro atoms. The van der Waals surface area contributed by atoms with Gasteiger partial charge in [0.2, 0.25) is 0 Å². The zero-order valence-electron chi connectivity index (χ0n) is 13.9. The Hall–Kier alpha value is -2.47. The molecule has 2 amide bonds. The van der Waals surface area contributed by atoms with E-state index in [0.717, 1.165) is 24.1 Å². The van der Waals surface area contributed by atoms with Crippen LogP contribution >= 0.6 is 0 Å². The first-order valence-corrected chi connectivity index (χ1v) is 8.27. The summed E-state index contributed by atoms with van der Waals surface area (Å²) in [7, 11) is 0. The second-order valence-corrected chi connectivity index (χ2v) is 5.67. The third-order valence-corrected chi connectivity index (χ3v) is 3.76. The highest BCUT2D eigenvalue weighted by atomic mass is 16.3. The van der Waals surface area contributed by atoms with Gasteiger partial charge < -0.3 is 10.4 Å². The molecule has 1 aromatic carbocycles. The van der Waals surface area contributed by atoms with Gasteiger partial charge in [0.25, 0.3) is 0 Å². The Labute approximate surface area is 142 Å². The fourth-order valence-electron chi connectivity index (χ4n) is 2.50. The lowest BCUT2D eigenvalue weighted by Crippen LogP contribution is -2.33. The molecule has 3 N–H and O–H groups in total. The molecule has 0 aliphatic carbocycles. The molecule has 1 aromatic heterocycles. The number of rotatable bonds is 8. The molecule has 0 aliphatic rings. The second-order valence-electron chi connectivity index (χ2n) is 5.67. The molecule has 0 radical (unpaired) electrons. The number of aromatic nitrogens is 2. The minimum Gasteiger partial charge on any atom is -0.396 e. The molecule has 2 aromatic rings. The number of carbonyl (C=O) groups excluding carboxylic acids is 1. The van der Waals surface area contributed by atoms with Gasteiger partial charge in [-0.25, -0.2) is 4.79 Å². The summed E-state index contributed by atoms with van der Waals surface area (Å²) in [6.45, 7) is 2.77. The Morgan fingerprint density at radius 3 is 2.54 bits per heavy atom. The molecular formula is C18H24N4O2. The zero-order chi connectivity index (χ0) is 17.2. The predicted octanol–water partition coefficient (Wildman–Crippen LogP) is 3.06. The van der Waals surface area contributed by atoms with Crippen LogP contribution in [0, 0.1) is 5.92 Å². The van der Waals surface area contributed by atoms with Crippen molar-refractivity contribution in [2.24, 2.45) is 5.92 Å². The number of nitrogens with one attached hydrogen (secondary N) is 2. The molecule has 1 unspecified atom stereocenters. The number of anilines is 1. The number of nitrogens with zero attached hydrogens (tertiary/aromatic N) is 2. The minimum absolute atomic E-state index is 0.139. The number of benzene rings is 1. The molecule has 0 aliphatic heterocycles. The van der Waals surface area contributed by atoms with Gasteiger partial charge in [0.15, 0.2) is 5.82 Å². The summed E-state index contributed by atoms with van der Waals surface area (Å²) in [6.07, 6.45) is 2.70. The quantitative estimate of drug-likeness (QED) is 0.695. The molecular weight excluding hydrogens is 304 g/mol. The van der Waals surface area contributed by atoms with E-state index in [1.54, 1.807) is 6.07 Å². The number of aliphatic hydroxyl groups excluding tert-OH is 1. The third kappa shape index (κ3) is 5.62. The number of urea groups is 1. The summed E-state index contributed by atoms with van der Waals surface area (Å²) in [5.41, 5.74) is 1.74. The van der Waals surface area contributed by atoms with Crippen LogP contribution in [0.5, 0.6) is 0 Å². The maximum atomic E-state index is 11.9. The first-order valence-electron chi connectivity index (χ1n) is 8.27. The molecule has 128 valence electrons. The SMILES string of the molecule is CCCC(CCO)CNC(=O)Nc1ccc(-c2ccccc2)nn1. The fourth-order valence-corrected chi connectivity index (χ4v) is 2.50. The highest BCUT2D eigenvalue weighted by Crippen LogP contribution is 2.16. The number of carbonyl (C=O) groups is 1. The van der Waals surface area contributed by atoms with Gasteiger partial charge in [0, 0.05) is 18.7 Å². The standard InChI is InChI=1S/C18H24N4O2/c1-2-6-14(11-12-23)13-19-18(24)20-17-10-9-16(21-22-17)15-7-4-3-5-8-15/h3-5,7-10,14,23H,2,6,11-13H2,1H3,(H2,19,20,22,24). The zero-order valence-corrected chi connectivity index (χ0v) is 13.9. The number of hydrogen-bond donors (Lipinski definition) is 3. The average molecular weight is 328 g/mol. The topological polar surface area (TPSA) is 87.1 Å². The highest BCUT2D eigenvalue weighted by Gasteiger charge is 2.10. The van der Waals surface area contributed by atoms with Crippen LogP contribution in [0.15, 0.2) is 42.5 Å². The van der Waals surface area contributed by atoms with Crippen LogP contribution in [0.2, 0.25) is 0 Å². The summed E-state index contributed by atoms with van der Waals surface area (Å²) in [5, 5.41) is 22.7. The van der Waals surface area contributed by atoms with Crippen LogP contribution in [0.1, 0.15) is 26.2 Å². The maximum absolute atomic E-state index is 11.9. The van der Waals surface area contributed by atoms with E-state index in [4.69, 9.17) is 5.11 Å². The van der Waals surface area contributed by atoms with Crippen molar-refractivity contribution in [2.75, 3.05) is 18.5 Å². The first kappa shape index (κ1) is 17.9. The minimum atomic E-state index is -0.309. The molecule has 1 heterocycles. The van der Waals surface area contributed by atoms with Crippen molar-refractivity contribution in [3.63, 3.8) is 0 Å². The average Bonchev–Trinajstić information content (AvgIpc) is 2.61. The molecule has 24 heavy (non-hydrogen) atoms. The molecule has 2 rings (SSSR count). The van der Waals surface area contributed by atoms with Crippen LogP contribution in [-0.4, -0.2) is 34.5 Å². The van der Waals surface area contributed by atoms with Crippen LogP contribution in [0.4, 0.5) is 10.6 Å². The van der Waals surface area contributed by atoms with Gasteiger partial charge >= 0.3 is 6.03 Å². The van der Waals surface area contributed by atoms with Crippen LogP contribution < -0.4 is 10.6 Å². The monoisotopic (exact) mass is 328 g/mol. The summed E-state index contributed by atoms with van der Waals surface area (Å²) < 4.78 is 0. The lowest BCUT2D eigenvalue weighted by molar-refractivity contribution is 0.236. The molecule has 1 atom stereocenters. The van der Waals surface area contributed by atoms with Gasteiger partial charge in [-0.3, -0.25) is 5.32 Å². The predicted molar refractivity (Wildman–Crippen MR) is 94.6 cm³/mol. The highest BCUT2D eigenvalue weighted by molar-refractivity contribution is 5.88. The van der Waals surface area contributed by atoms with E-state index < -0.39 is 0 Å². The normalized spacial score (nSPS) is 11.8. The van der Waals surface area contributed by atoms with Crippen molar-refractivity contribution >= 4 is 11.8 Å². The summed E-state index contributed by atoms with van der Waals surface area (Å²) in [6, 6.07) is 13.0. The molecule has 0 saturated carbocycles. The van der Waals surface area contributed by atoms with Crippen LogP contribution in [0.3, 0.4) is 0 Å². The van der Waals surface area contributed by atoms with Gasteiger partial charge in [-0.2, -0.15) is 0 Å². The van der Waals surface area contributed by atoms with E-state index in [0.29, 0.717) is 18.8 Å². The van der Waals surface area contributed by atoms with Crippen molar-refractivity contribution < 1.29 is 9.90 Å². The van der Waals surface area contributed by atoms with Crippen molar-refractivity contribution in [1.82, 2.24) is 15.5 Å². The third-order valence-electron chi connectivity index (χ3n) is 3.76. The number of amides is 2.